The molecule has 1 rings (SSSR count). The molecule has 0 atom stereocenters. The van der Waals surface area contributed by atoms with E-state index in [0.29, 0.717) is 5.57 Å². The summed E-state index contributed by atoms with van der Waals surface area (Å²) in [6.07, 6.45) is 3.36. The Morgan fingerprint density at radius 3 is 2.56 bits per heavy atom. The van der Waals surface area contributed by atoms with Crippen molar-refractivity contribution in [3.63, 3.8) is 0 Å². The van der Waals surface area contributed by atoms with E-state index < -0.39 is 0 Å². The second kappa shape index (κ2) is 5.91. The largest absolute Gasteiger partial charge is 0.458 e. The van der Waals surface area contributed by atoms with Crippen molar-refractivity contribution in [2.45, 2.75) is 13.8 Å². The molecule has 0 aliphatic rings. The molecule has 0 bridgehead atoms. The zero-order valence-electron chi connectivity index (χ0n) is 9.69. The van der Waals surface area contributed by atoms with Gasteiger partial charge in [0, 0.05) is 5.57 Å². The van der Waals surface area contributed by atoms with Crippen molar-refractivity contribution >= 4 is 12.0 Å². The molecule has 0 saturated heterocycles. The molecule has 0 amide bonds. The summed E-state index contributed by atoms with van der Waals surface area (Å²) in [4.78, 5) is 11.4. The van der Waals surface area contributed by atoms with Crippen LogP contribution in [0.1, 0.15) is 18.1 Å². The van der Waals surface area contributed by atoms with Crippen LogP contribution in [0.4, 0.5) is 0 Å². The van der Waals surface area contributed by atoms with E-state index in [1.54, 1.807) is 13.0 Å². The van der Waals surface area contributed by atoms with Gasteiger partial charge in [-0.15, -0.1) is 0 Å². The van der Waals surface area contributed by atoms with Crippen LogP contribution in [0.3, 0.4) is 0 Å². The highest BCUT2D eigenvalue weighted by molar-refractivity contribution is 5.93. The summed E-state index contributed by atoms with van der Waals surface area (Å²) in [7, 11) is 0. The number of esters is 1. The molecule has 1 aromatic rings. The molecule has 1 aromatic carbocycles. The lowest BCUT2D eigenvalue weighted by molar-refractivity contribution is -0.137. The highest BCUT2D eigenvalue weighted by Crippen LogP contribution is 2.09. The summed E-state index contributed by atoms with van der Waals surface area (Å²) in [5.74, 6) is -0.305. The van der Waals surface area contributed by atoms with Crippen molar-refractivity contribution in [2.75, 3.05) is 6.61 Å². The monoisotopic (exact) mass is 216 g/mol. The van der Waals surface area contributed by atoms with Crippen molar-refractivity contribution in [2.24, 2.45) is 0 Å². The Hall–Kier alpha value is -1.83. The molecule has 0 saturated carbocycles. The SMILES string of the molecule is C=CCOC(=O)/C(C)=C/c1ccc(C)cc1. The number of ether oxygens (including phenoxy) is 1. The minimum absolute atomic E-state index is 0.248. The van der Waals surface area contributed by atoms with Gasteiger partial charge in [-0.3, -0.25) is 0 Å². The Balaban J connectivity index is 2.72. The lowest BCUT2D eigenvalue weighted by atomic mass is 10.1. The predicted molar refractivity (Wildman–Crippen MR) is 66.0 cm³/mol. The maximum atomic E-state index is 11.4. The van der Waals surface area contributed by atoms with Crippen LogP contribution >= 0.6 is 0 Å². The van der Waals surface area contributed by atoms with Crippen LogP contribution in [-0.4, -0.2) is 12.6 Å². The van der Waals surface area contributed by atoms with Crippen molar-refractivity contribution in [1.82, 2.24) is 0 Å². The molecular formula is C14H16O2. The zero-order valence-corrected chi connectivity index (χ0v) is 9.69. The van der Waals surface area contributed by atoms with Crippen LogP contribution in [0.2, 0.25) is 0 Å². The van der Waals surface area contributed by atoms with Gasteiger partial charge in [-0.1, -0.05) is 42.5 Å². The standard InChI is InChI=1S/C14H16O2/c1-4-9-16-14(15)12(3)10-13-7-5-11(2)6-8-13/h4-8,10H,1,9H2,2-3H3/b12-10+. The minimum Gasteiger partial charge on any atom is -0.458 e. The molecule has 0 heterocycles. The zero-order chi connectivity index (χ0) is 12.0. The van der Waals surface area contributed by atoms with Gasteiger partial charge in [0.15, 0.2) is 0 Å². The van der Waals surface area contributed by atoms with Crippen molar-refractivity contribution < 1.29 is 9.53 Å². The molecule has 0 aliphatic carbocycles. The van der Waals surface area contributed by atoms with E-state index in [9.17, 15) is 4.79 Å². The van der Waals surface area contributed by atoms with Crippen LogP contribution in [0.5, 0.6) is 0 Å². The summed E-state index contributed by atoms with van der Waals surface area (Å²) >= 11 is 0. The van der Waals surface area contributed by atoms with Crippen LogP contribution in [0.25, 0.3) is 6.08 Å². The summed E-state index contributed by atoms with van der Waals surface area (Å²) in [5.41, 5.74) is 2.79. The Labute approximate surface area is 96.2 Å². The third kappa shape index (κ3) is 3.73. The van der Waals surface area contributed by atoms with Gasteiger partial charge >= 0.3 is 5.97 Å². The first kappa shape index (κ1) is 12.2. The summed E-state index contributed by atoms with van der Waals surface area (Å²) in [6, 6.07) is 7.96. The molecule has 0 aliphatic heterocycles. The maximum Gasteiger partial charge on any atom is 0.334 e. The average molecular weight is 216 g/mol. The van der Waals surface area contributed by atoms with Crippen LogP contribution in [0, 0.1) is 6.92 Å². The number of hydrogen-bond donors (Lipinski definition) is 0. The van der Waals surface area contributed by atoms with E-state index in [1.165, 1.54) is 5.56 Å². The van der Waals surface area contributed by atoms with Crippen molar-refractivity contribution in [3.05, 3.63) is 53.6 Å². The molecule has 84 valence electrons. The van der Waals surface area contributed by atoms with Crippen molar-refractivity contribution in [1.29, 1.82) is 0 Å². The normalized spacial score (nSPS) is 11.0. The molecule has 0 spiro atoms. The van der Waals surface area contributed by atoms with Crippen LogP contribution < -0.4 is 0 Å². The molecule has 0 aromatic heterocycles. The summed E-state index contributed by atoms with van der Waals surface area (Å²) in [6.45, 7) is 7.50. The fourth-order valence-electron chi connectivity index (χ4n) is 1.22. The van der Waals surface area contributed by atoms with Gasteiger partial charge in [-0.2, -0.15) is 0 Å². The van der Waals surface area contributed by atoms with Crippen molar-refractivity contribution in [3.8, 4) is 0 Å². The molecule has 16 heavy (non-hydrogen) atoms. The lowest BCUT2D eigenvalue weighted by Gasteiger charge is -2.02. The van der Waals surface area contributed by atoms with Gasteiger partial charge in [-0.25, -0.2) is 4.79 Å². The molecule has 0 unspecified atom stereocenters. The quantitative estimate of drug-likeness (QED) is 0.439. The van der Waals surface area contributed by atoms with Gasteiger partial charge in [0.1, 0.15) is 6.61 Å². The minimum atomic E-state index is -0.305. The number of carbonyl (C=O) groups excluding carboxylic acids is 1. The molecule has 0 fully saturated rings. The smallest absolute Gasteiger partial charge is 0.334 e. The summed E-state index contributed by atoms with van der Waals surface area (Å²) < 4.78 is 4.92. The van der Waals surface area contributed by atoms with Gasteiger partial charge in [0.05, 0.1) is 0 Å². The Kier molecular flexibility index (Phi) is 4.52. The van der Waals surface area contributed by atoms with Gasteiger partial charge in [-0.05, 0) is 25.5 Å². The van der Waals surface area contributed by atoms with Crippen LogP contribution in [0.15, 0.2) is 42.5 Å². The first-order valence-corrected chi connectivity index (χ1v) is 5.16. The lowest BCUT2D eigenvalue weighted by Crippen LogP contribution is -2.05. The first-order chi connectivity index (χ1) is 7.63. The van der Waals surface area contributed by atoms with E-state index >= 15 is 0 Å². The Morgan fingerprint density at radius 1 is 1.38 bits per heavy atom. The van der Waals surface area contributed by atoms with Gasteiger partial charge in [0.2, 0.25) is 0 Å². The molecule has 0 radical (unpaired) electrons. The molecule has 2 nitrogen and oxygen atoms in total. The van der Waals surface area contributed by atoms with E-state index in [2.05, 4.69) is 6.58 Å². The Bertz CT molecular complexity index is 399. The second-order valence-electron chi connectivity index (χ2n) is 3.63. The fraction of sp³-hybridized carbons (Fsp3) is 0.214. The van der Waals surface area contributed by atoms with Crippen LogP contribution in [-0.2, 0) is 9.53 Å². The summed E-state index contributed by atoms with van der Waals surface area (Å²) in [5, 5.41) is 0. The fourth-order valence-corrected chi connectivity index (χ4v) is 1.22. The highest BCUT2D eigenvalue weighted by atomic mass is 16.5. The number of rotatable bonds is 4. The Morgan fingerprint density at radius 2 is 2.00 bits per heavy atom. The molecule has 0 N–H and O–H groups in total. The number of hydrogen-bond acceptors (Lipinski definition) is 2. The number of carbonyl (C=O) groups is 1. The highest BCUT2D eigenvalue weighted by Gasteiger charge is 2.04. The van der Waals surface area contributed by atoms with Gasteiger partial charge in [0.25, 0.3) is 0 Å². The molecule has 2 heteroatoms. The van der Waals surface area contributed by atoms with E-state index in [4.69, 9.17) is 4.74 Å². The van der Waals surface area contributed by atoms with E-state index in [0.717, 1.165) is 5.56 Å². The first-order valence-electron chi connectivity index (χ1n) is 5.16. The predicted octanol–water partition coefficient (Wildman–Crippen LogP) is 3.13. The number of aryl methyl sites for hydroxylation is 1. The van der Waals surface area contributed by atoms with E-state index in [1.807, 2.05) is 37.3 Å². The third-order valence-corrected chi connectivity index (χ3v) is 2.11. The van der Waals surface area contributed by atoms with Gasteiger partial charge < -0.3 is 4.74 Å². The topological polar surface area (TPSA) is 26.3 Å². The number of benzene rings is 1. The maximum absolute atomic E-state index is 11.4. The average Bonchev–Trinajstić information content (AvgIpc) is 2.29. The third-order valence-electron chi connectivity index (χ3n) is 2.11. The van der Waals surface area contributed by atoms with E-state index in [-0.39, 0.29) is 12.6 Å². The second-order valence-corrected chi connectivity index (χ2v) is 3.63. The molecular weight excluding hydrogens is 200 g/mol.